The standard InChI is InChI=1S/C14H15BrClN3O2/c1-7-11(14(16)19(3)18-7)6-21-13-10(8(2)20)4-9(15)5-12(13)17/h4-5H,6,17H2,1-3H3. The molecular formula is C14H15BrClN3O2. The predicted octanol–water partition coefficient (Wildman–Crippen LogP) is 3.51. The molecule has 1 aromatic carbocycles. The zero-order chi connectivity index (χ0) is 15.7. The number of aryl methyl sites for hydroxylation is 2. The number of nitrogen functional groups attached to an aromatic ring is 1. The molecule has 0 radical (unpaired) electrons. The van der Waals surface area contributed by atoms with Gasteiger partial charge < -0.3 is 10.5 Å². The Morgan fingerprint density at radius 3 is 2.71 bits per heavy atom. The van der Waals surface area contributed by atoms with Crippen molar-refractivity contribution in [2.45, 2.75) is 20.5 Å². The van der Waals surface area contributed by atoms with Gasteiger partial charge in [-0.2, -0.15) is 5.10 Å². The molecule has 0 aliphatic rings. The van der Waals surface area contributed by atoms with Crippen LogP contribution in [0.3, 0.4) is 0 Å². The third-order valence-corrected chi connectivity index (χ3v) is 4.02. The number of ketones is 1. The van der Waals surface area contributed by atoms with Crippen molar-refractivity contribution in [1.82, 2.24) is 9.78 Å². The van der Waals surface area contributed by atoms with Gasteiger partial charge in [0, 0.05) is 17.1 Å². The third-order valence-electron chi connectivity index (χ3n) is 3.09. The molecule has 5 nitrogen and oxygen atoms in total. The third kappa shape index (κ3) is 3.22. The largest absolute Gasteiger partial charge is 0.486 e. The van der Waals surface area contributed by atoms with E-state index in [9.17, 15) is 4.79 Å². The maximum absolute atomic E-state index is 11.7. The summed E-state index contributed by atoms with van der Waals surface area (Å²) in [4.78, 5) is 11.7. The lowest BCUT2D eigenvalue weighted by atomic mass is 10.1. The number of carbonyl (C=O) groups excluding carboxylic acids is 1. The molecule has 0 amide bonds. The number of nitrogens with zero attached hydrogens (tertiary/aromatic N) is 2. The first-order valence-corrected chi connectivity index (χ1v) is 7.39. The molecule has 0 atom stereocenters. The van der Waals surface area contributed by atoms with Crippen LogP contribution in [0.1, 0.15) is 28.5 Å². The molecule has 2 rings (SSSR count). The second-order valence-electron chi connectivity index (χ2n) is 4.69. The first-order chi connectivity index (χ1) is 9.81. The Balaban J connectivity index is 2.34. The normalized spacial score (nSPS) is 10.7. The monoisotopic (exact) mass is 371 g/mol. The molecule has 0 fully saturated rings. The van der Waals surface area contributed by atoms with Gasteiger partial charge in [0.2, 0.25) is 0 Å². The maximum Gasteiger partial charge on any atom is 0.163 e. The fraction of sp³-hybridized carbons (Fsp3) is 0.286. The van der Waals surface area contributed by atoms with Gasteiger partial charge in [-0.25, -0.2) is 0 Å². The number of ether oxygens (including phenoxy) is 1. The van der Waals surface area contributed by atoms with Crippen LogP contribution >= 0.6 is 27.5 Å². The number of nitrogens with two attached hydrogens (primary N) is 1. The second-order valence-corrected chi connectivity index (χ2v) is 5.97. The lowest BCUT2D eigenvalue weighted by molar-refractivity contribution is 0.101. The number of benzene rings is 1. The SMILES string of the molecule is CC(=O)c1cc(Br)cc(N)c1OCc1c(C)nn(C)c1Cl. The molecule has 0 aliphatic heterocycles. The minimum absolute atomic E-state index is 0.119. The summed E-state index contributed by atoms with van der Waals surface area (Å²) < 4.78 is 8.05. The smallest absolute Gasteiger partial charge is 0.163 e. The van der Waals surface area contributed by atoms with E-state index >= 15 is 0 Å². The summed E-state index contributed by atoms with van der Waals surface area (Å²) in [7, 11) is 1.76. The van der Waals surface area contributed by atoms with Gasteiger partial charge in [-0.3, -0.25) is 9.48 Å². The molecule has 0 spiro atoms. The number of rotatable bonds is 4. The molecule has 0 saturated heterocycles. The highest BCUT2D eigenvalue weighted by atomic mass is 79.9. The van der Waals surface area contributed by atoms with E-state index in [-0.39, 0.29) is 12.4 Å². The summed E-state index contributed by atoms with van der Waals surface area (Å²) in [5.74, 6) is 0.247. The van der Waals surface area contributed by atoms with Gasteiger partial charge in [0.05, 0.1) is 16.9 Å². The average molecular weight is 373 g/mol. The molecule has 2 aromatic rings. The van der Waals surface area contributed by atoms with E-state index in [1.54, 1.807) is 23.9 Å². The molecule has 21 heavy (non-hydrogen) atoms. The van der Waals surface area contributed by atoms with Gasteiger partial charge in [-0.1, -0.05) is 27.5 Å². The summed E-state index contributed by atoms with van der Waals surface area (Å²) >= 11 is 9.48. The van der Waals surface area contributed by atoms with Gasteiger partial charge >= 0.3 is 0 Å². The highest BCUT2D eigenvalue weighted by molar-refractivity contribution is 9.10. The van der Waals surface area contributed by atoms with Crippen molar-refractivity contribution in [3.63, 3.8) is 0 Å². The second kappa shape index (κ2) is 6.07. The Morgan fingerprint density at radius 1 is 1.52 bits per heavy atom. The Morgan fingerprint density at radius 2 is 2.19 bits per heavy atom. The van der Waals surface area contributed by atoms with Crippen molar-refractivity contribution in [2.75, 3.05) is 5.73 Å². The number of Topliss-reactive ketones (excluding diaryl/α,β-unsaturated/α-hetero) is 1. The van der Waals surface area contributed by atoms with E-state index < -0.39 is 0 Å². The quantitative estimate of drug-likeness (QED) is 0.658. The number of carbonyl (C=O) groups is 1. The lowest BCUT2D eigenvalue weighted by Crippen LogP contribution is -2.05. The summed E-state index contributed by atoms with van der Waals surface area (Å²) in [6.07, 6.45) is 0. The van der Waals surface area contributed by atoms with E-state index in [1.807, 2.05) is 6.92 Å². The first kappa shape index (κ1) is 15.9. The van der Waals surface area contributed by atoms with Crippen molar-refractivity contribution < 1.29 is 9.53 Å². The van der Waals surface area contributed by atoms with Gasteiger partial charge in [-0.15, -0.1) is 0 Å². The Bertz CT molecular complexity index is 713. The van der Waals surface area contributed by atoms with Crippen molar-refractivity contribution in [2.24, 2.45) is 7.05 Å². The minimum Gasteiger partial charge on any atom is -0.486 e. The number of hydrogen-bond acceptors (Lipinski definition) is 4. The van der Waals surface area contributed by atoms with Crippen LogP contribution in [0.4, 0.5) is 5.69 Å². The fourth-order valence-electron chi connectivity index (χ4n) is 2.02. The van der Waals surface area contributed by atoms with E-state index in [0.29, 0.717) is 22.2 Å². The van der Waals surface area contributed by atoms with Crippen molar-refractivity contribution in [3.8, 4) is 5.75 Å². The number of halogens is 2. The molecule has 7 heteroatoms. The molecule has 1 aromatic heterocycles. The van der Waals surface area contributed by atoms with E-state index in [4.69, 9.17) is 22.1 Å². The highest BCUT2D eigenvalue weighted by Gasteiger charge is 2.17. The summed E-state index contributed by atoms with van der Waals surface area (Å²) in [6, 6.07) is 3.38. The molecule has 2 N–H and O–H groups in total. The molecule has 1 heterocycles. The molecule has 0 bridgehead atoms. The molecule has 0 saturated carbocycles. The average Bonchev–Trinajstić information content (AvgIpc) is 2.62. The van der Waals surface area contributed by atoms with Crippen molar-refractivity contribution >= 4 is 39.0 Å². The van der Waals surface area contributed by atoms with Gasteiger partial charge in [0.1, 0.15) is 11.8 Å². The Hall–Kier alpha value is -1.53. The Kier molecular flexibility index (Phi) is 4.58. The van der Waals surface area contributed by atoms with Gasteiger partial charge in [-0.05, 0) is 26.0 Å². The van der Waals surface area contributed by atoms with Crippen molar-refractivity contribution in [1.29, 1.82) is 0 Å². The zero-order valence-electron chi connectivity index (χ0n) is 11.9. The van der Waals surface area contributed by atoms with E-state index in [1.165, 1.54) is 6.92 Å². The van der Waals surface area contributed by atoms with Crippen LogP contribution in [-0.2, 0) is 13.7 Å². The van der Waals surface area contributed by atoms with E-state index in [0.717, 1.165) is 15.7 Å². The van der Waals surface area contributed by atoms with Crippen LogP contribution in [0.25, 0.3) is 0 Å². The molecular weight excluding hydrogens is 358 g/mol. The lowest BCUT2D eigenvalue weighted by Gasteiger charge is -2.13. The fourth-order valence-corrected chi connectivity index (χ4v) is 2.72. The zero-order valence-corrected chi connectivity index (χ0v) is 14.2. The number of anilines is 1. The van der Waals surface area contributed by atoms with Crippen molar-refractivity contribution in [3.05, 3.63) is 38.6 Å². The van der Waals surface area contributed by atoms with Crippen LogP contribution in [-0.4, -0.2) is 15.6 Å². The molecule has 0 unspecified atom stereocenters. The number of aromatic nitrogens is 2. The highest BCUT2D eigenvalue weighted by Crippen LogP contribution is 2.32. The van der Waals surface area contributed by atoms with E-state index in [2.05, 4.69) is 21.0 Å². The minimum atomic E-state index is -0.119. The van der Waals surface area contributed by atoms with Crippen LogP contribution in [0.5, 0.6) is 5.75 Å². The number of hydrogen-bond donors (Lipinski definition) is 1. The van der Waals surface area contributed by atoms with Crippen LogP contribution in [0, 0.1) is 6.92 Å². The Labute approximate surface area is 136 Å². The summed E-state index contributed by atoms with van der Waals surface area (Å²) in [5.41, 5.74) is 8.32. The van der Waals surface area contributed by atoms with Crippen LogP contribution in [0.15, 0.2) is 16.6 Å². The summed E-state index contributed by atoms with van der Waals surface area (Å²) in [5, 5.41) is 4.72. The predicted molar refractivity (Wildman–Crippen MR) is 85.8 cm³/mol. The molecule has 112 valence electrons. The van der Waals surface area contributed by atoms with Gasteiger partial charge in [0.25, 0.3) is 0 Å². The first-order valence-electron chi connectivity index (χ1n) is 6.22. The summed E-state index contributed by atoms with van der Waals surface area (Å²) in [6.45, 7) is 3.52. The maximum atomic E-state index is 11.7. The van der Waals surface area contributed by atoms with Gasteiger partial charge in [0.15, 0.2) is 11.5 Å². The van der Waals surface area contributed by atoms with Crippen LogP contribution < -0.4 is 10.5 Å². The topological polar surface area (TPSA) is 70.1 Å². The molecule has 0 aliphatic carbocycles. The van der Waals surface area contributed by atoms with Crippen LogP contribution in [0.2, 0.25) is 5.15 Å².